The average Bonchev–Trinajstić information content (AvgIpc) is 2.29. The van der Waals surface area contributed by atoms with Crippen molar-refractivity contribution in [1.82, 2.24) is 0 Å². The maximum Gasteiger partial charge on any atom is 0.132 e. The van der Waals surface area contributed by atoms with E-state index in [1.54, 1.807) is 7.11 Å². The Labute approximate surface area is 109 Å². The average molecular weight is 302 g/mol. The Bertz CT molecular complexity index is 443. The van der Waals surface area contributed by atoms with E-state index in [0.717, 1.165) is 26.9 Å². The molecule has 0 saturated heterocycles. The van der Waals surface area contributed by atoms with Crippen LogP contribution in [0.3, 0.4) is 0 Å². The zero-order valence-electron chi connectivity index (χ0n) is 10.2. The molecule has 0 aromatic heterocycles. The number of nitrogens with one attached hydrogen (secondary N) is 1. The van der Waals surface area contributed by atoms with Crippen molar-refractivity contribution in [3.8, 4) is 5.75 Å². The van der Waals surface area contributed by atoms with Crippen LogP contribution in [0.5, 0.6) is 5.75 Å². The molecule has 0 aliphatic carbocycles. The summed E-state index contributed by atoms with van der Waals surface area (Å²) in [5.74, 6) is 0.817. The zero-order valence-corrected chi connectivity index (χ0v) is 12.6. The van der Waals surface area contributed by atoms with Gasteiger partial charge in [0.1, 0.15) is 5.75 Å². The van der Waals surface area contributed by atoms with Crippen LogP contribution in [-0.2, 0) is 0 Å². The Morgan fingerprint density at radius 3 is 2.19 bits per heavy atom. The molecule has 1 rings (SSSR count). The lowest BCUT2D eigenvalue weighted by Crippen LogP contribution is -2.05. The summed E-state index contributed by atoms with van der Waals surface area (Å²) < 4.78 is 6.51. The molecule has 0 unspecified atom stereocenters. The van der Waals surface area contributed by atoms with E-state index in [0.29, 0.717) is 5.04 Å². The Morgan fingerprint density at radius 2 is 1.75 bits per heavy atom. The van der Waals surface area contributed by atoms with Gasteiger partial charge in [0.2, 0.25) is 0 Å². The summed E-state index contributed by atoms with van der Waals surface area (Å²) in [5, 5.41) is 8.53. The van der Waals surface area contributed by atoms with Crippen molar-refractivity contribution >= 4 is 32.7 Å². The van der Waals surface area contributed by atoms with Crippen molar-refractivity contribution in [3.63, 3.8) is 0 Å². The van der Waals surface area contributed by atoms with Gasteiger partial charge in [-0.25, -0.2) is 0 Å². The lowest BCUT2D eigenvalue weighted by molar-refractivity contribution is 0.410. The summed E-state index contributed by atoms with van der Waals surface area (Å²) in [4.78, 5) is 0. The van der Waals surface area contributed by atoms with E-state index < -0.39 is 0 Å². The van der Waals surface area contributed by atoms with Crippen LogP contribution in [0.1, 0.15) is 22.3 Å². The Balaban J connectivity index is 3.64. The zero-order chi connectivity index (χ0) is 12.5. The highest BCUT2D eigenvalue weighted by molar-refractivity contribution is 9.10. The summed E-state index contributed by atoms with van der Waals surface area (Å²) in [5.41, 5.74) is 4.23. The standard InChI is InChI=1S/C12H16BrNOS/c1-6-7(2)11(15-4)9(12(14)16-5)8(3)10(6)13/h14H,1-5H3. The van der Waals surface area contributed by atoms with Crippen LogP contribution in [-0.4, -0.2) is 18.4 Å². The van der Waals surface area contributed by atoms with Gasteiger partial charge >= 0.3 is 0 Å². The molecule has 1 N–H and O–H groups in total. The lowest BCUT2D eigenvalue weighted by atomic mass is 9.99. The molecule has 0 saturated carbocycles. The van der Waals surface area contributed by atoms with Gasteiger partial charge in [-0.05, 0) is 43.7 Å². The van der Waals surface area contributed by atoms with Gasteiger partial charge in [-0.15, -0.1) is 11.8 Å². The highest BCUT2D eigenvalue weighted by atomic mass is 79.9. The van der Waals surface area contributed by atoms with Crippen LogP contribution in [0.2, 0.25) is 0 Å². The third-order valence-corrected chi connectivity index (χ3v) is 4.60. The fourth-order valence-electron chi connectivity index (χ4n) is 1.71. The number of hydrogen-bond donors (Lipinski definition) is 1. The number of thioether (sulfide) groups is 1. The normalized spacial score (nSPS) is 10.4. The van der Waals surface area contributed by atoms with Crippen LogP contribution >= 0.6 is 27.7 Å². The molecule has 0 spiro atoms. The van der Waals surface area contributed by atoms with Gasteiger partial charge in [0.05, 0.1) is 17.7 Å². The topological polar surface area (TPSA) is 33.1 Å². The van der Waals surface area contributed by atoms with Crippen LogP contribution in [0, 0.1) is 26.2 Å². The predicted molar refractivity (Wildman–Crippen MR) is 75.2 cm³/mol. The first-order valence-corrected chi connectivity index (χ1v) is 6.93. The molecule has 0 amide bonds. The number of ether oxygens (including phenoxy) is 1. The lowest BCUT2D eigenvalue weighted by Gasteiger charge is -2.18. The highest BCUT2D eigenvalue weighted by Crippen LogP contribution is 2.37. The van der Waals surface area contributed by atoms with E-state index >= 15 is 0 Å². The first-order chi connectivity index (χ1) is 7.45. The second-order valence-corrected chi connectivity index (χ2v) is 5.24. The number of benzene rings is 1. The number of halogens is 1. The first-order valence-electron chi connectivity index (χ1n) is 4.91. The molecule has 1 aromatic carbocycles. The Kier molecular flexibility index (Phi) is 4.44. The molecule has 1 aromatic rings. The smallest absolute Gasteiger partial charge is 0.132 e. The van der Waals surface area contributed by atoms with E-state index in [4.69, 9.17) is 10.1 Å². The molecule has 0 radical (unpaired) electrons. The van der Waals surface area contributed by atoms with Gasteiger partial charge in [-0.3, -0.25) is 5.41 Å². The third kappa shape index (κ3) is 2.13. The van der Waals surface area contributed by atoms with E-state index in [-0.39, 0.29) is 0 Å². The number of methoxy groups -OCH3 is 1. The minimum absolute atomic E-state index is 0.540. The second-order valence-electron chi connectivity index (χ2n) is 3.63. The van der Waals surface area contributed by atoms with E-state index in [1.807, 2.05) is 20.1 Å². The molecule has 0 fully saturated rings. The molecule has 0 heterocycles. The first kappa shape index (κ1) is 13.6. The van der Waals surface area contributed by atoms with Gasteiger partial charge in [-0.1, -0.05) is 15.9 Å². The van der Waals surface area contributed by atoms with Crippen molar-refractivity contribution < 1.29 is 4.74 Å². The number of rotatable bonds is 2. The van der Waals surface area contributed by atoms with Gasteiger partial charge in [-0.2, -0.15) is 0 Å². The fourth-order valence-corrected chi connectivity index (χ4v) is 2.66. The molecule has 0 aliphatic rings. The number of hydrogen-bond acceptors (Lipinski definition) is 3. The van der Waals surface area contributed by atoms with Crippen molar-refractivity contribution in [2.75, 3.05) is 13.4 Å². The van der Waals surface area contributed by atoms with Crippen LogP contribution < -0.4 is 4.74 Å². The molecule has 88 valence electrons. The minimum atomic E-state index is 0.540. The summed E-state index contributed by atoms with van der Waals surface area (Å²) in [6.07, 6.45) is 1.91. The molecule has 2 nitrogen and oxygen atoms in total. The molecule has 0 aliphatic heterocycles. The van der Waals surface area contributed by atoms with Crippen molar-refractivity contribution in [2.24, 2.45) is 0 Å². The van der Waals surface area contributed by atoms with Gasteiger partial charge in [0.25, 0.3) is 0 Å². The second kappa shape index (κ2) is 5.23. The third-order valence-electron chi connectivity index (χ3n) is 2.80. The Hall–Kier alpha value is -0.480. The largest absolute Gasteiger partial charge is 0.496 e. The van der Waals surface area contributed by atoms with Crippen LogP contribution in [0.25, 0.3) is 0 Å². The molecule has 4 heteroatoms. The van der Waals surface area contributed by atoms with E-state index in [9.17, 15) is 0 Å². The maximum atomic E-state index is 7.99. The fraction of sp³-hybridized carbons (Fsp3) is 0.417. The summed E-state index contributed by atoms with van der Waals surface area (Å²) >= 11 is 5.01. The highest BCUT2D eigenvalue weighted by Gasteiger charge is 2.19. The van der Waals surface area contributed by atoms with Crippen molar-refractivity contribution in [1.29, 1.82) is 5.41 Å². The summed E-state index contributed by atoms with van der Waals surface area (Å²) in [7, 11) is 1.66. The monoisotopic (exact) mass is 301 g/mol. The molecular formula is C12H16BrNOS. The predicted octanol–water partition coefficient (Wildman–Crippen LogP) is 4.07. The maximum absolute atomic E-state index is 7.99. The molecular weight excluding hydrogens is 286 g/mol. The SMILES string of the molecule is COc1c(C)c(C)c(Br)c(C)c1C(=N)SC. The van der Waals surface area contributed by atoms with Crippen LogP contribution in [0.4, 0.5) is 0 Å². The summed E-state index contributed by atoms with van der Waals surface area (Å²) in [6.45, 7) is 6.09. The van der Waals surface area contributed by atoms with Crippen LogP contribution in [0.15, 0.2) is 4.47 Å². The van der Waals surface area contributed by atoms with Gasteiger partial charge in [0, 0.05) is 4.47 Å². The van der Waals surface area contributed by atoms with E-state index in [2.05, 4.69) is 22.9 Å². The van der Waals surface area contributed by atoms with Gasteiger partial charge in [0.15, 0.2) is 0 Å². The molecule has 0 atom stereocenters. The minimum Gasteiger partial charge on any atom is -0.496 e. The Morgan fingerprint density at radius 1 is 1.19 bits per heavy atom. The van der Waals surface area contributed by atoms with Gasteiger partial charge < -0.3 is 4.74 Å². The van der Waals surface area contributed by atoms with Crippen molar-refractivity contribution in [2.45, 2.75) is 20.8 Å². The van der Waals surface area contributed by atoms with E-state index in [1.165, 1.54) is 17.3 Å². The summed E-state index contributed by atoms with van der Waals surface area (Å²) in [6, 6.07) is 0. The molecule has 16 heavy (non-hydrogen) atoms. The molecule has 0 bridgehead atoms. The quantitative estimate of drug-likeness (QED) is 0.660. The van der Waals surface area contributed by atoms with Crippen molar-refractivity contribution in [3.05, 3.63) is 26.7 Å².